The van der Waals surface area contributed by atoms with Crippen molar-refractivity contribution < 1.29 is 9.90 Å². The molecule has 3 rings (SSSR count). The molecule has 0 unspecified atom stereocenters. The third kappa shape index (κ3) is 3.44. The van der Waals surface area contributed by atoms with Crippen LogP contribution in [0.1, 0.15) is 60.4 Å². The summed E-state index contributed by atoms with van der Waals surface area (Å²) < 4.78 is 0. The van der Waals surface area contributed by atoms with Crippen LogP contribution in [0.15, 0.2) is 5.57 Å². The highest BCUT2D eigenvalue weighted by Gasteiger charge is 2.30. The quantitative estimate of drug-likeness (QED) is 0.804. The second kappa shape index (κ2) is 6.97. The Bertz CT molecular complexity index is 584. The number of rotatable bonds is 2. The van der Waals surface area contributed by atoms with E-state index < -0.39 is 0 Å². The molecule has 0 fully saturated rings. The number of hydrogen-bond acceptors (Lipinski definition) is 3. The Morgan fingerprint density at radius 1 is 1.32 bits per heavy atom. The molecular weight excluding hydrogens is 294 g/mol. The van der Waals surface area contributed by atoms with Crippen molar-refractivity contribution in [2.24, 2.45) is 11.1 Å². The molecule has 1 heterocycles. The Hall–Kier alpha value is -1.13. The van der Waals surface area contributed by atoms with E-state index in [0.29, 0.717) is 5.41 Å². The van der Waals surface area contributed by atoms with Gasteiger partial charge in [0.15, 0.2) is 0 Å². The summed E-state index contributed by atoms with van der Waals surface area (Å²) >= 11 is 2.07. The highest BCUT2D eigenvalue weighted by molar-refractivity contribution is 7.13. The van der Waals surface area contributed by atoms with E-state index >= 15 is 0 Å². The van der Waals surface area contributed by atoms with Crippen molar-refractivity contribution in [3.05, 3.63) is 26.5 Å². The van der Waals surface area contributed by atoms with E-state index in [2.05, 4.69) is 32.1 Å². The van der Waals surface area contributed by atoms with Gasteiger partial charge in [0, 0.05) is 16.3 Å². The van der Waals surface area contributed by atoms with Crippen LogP contribution >= 0.6 is 11.3 Å². The minimum absolute atomic E-state index is 0.250. The van der Waals surface area contributed by atoms with Crippen molar-refractivity contribution in [1.29, 1.82) is 0 Å². The van der Waals surface area contributed by atoms with Crippen LogP contribution in [0.3, 0.4) is 0 Å². The topological polar surface area (TPSA) is 63.3 Å². The Morgan fingerprint density at radius 3 is 2.64 bits per heavy atom. The predicted octanol–water partition coefficient (Wildman–Crippen LogP) is 4.17. The molecule has 0 atom stereocenters. The molecule has 22 heavy (non-hydrogen) atoms. The van der Waals surface area contributed by atoms with Gasteiger partial charge < -0.3 is 10.8 Å². The van der Waals surface area contributed by atoms with Crippen LogP contribution in [-0.4, -0.2) is 18.1 Å². The predicted molar refractivity (Wildman–Crippen MR) is 93.4 cm³/mol. The van der Waals surface area contributed by atoms with Gasteiger partial charge in [0.05, 0.1) is 0 Å². The van der Waals surface area contributed by atoms with E-state index in [1.807, 2.05) is 0 Å². The van der Waals surface area contributed by atoms with Crippen LogP contribution < -0.4 is 5.73 Å². The maximum Gasteiger partial charge on any atom is 0.290 e. The van der Waals surface area contributed by atoms with Crippen LogP contribution in [0.5, 0.6) is 0 Å². The molecule has 122 valence electrons. The summed E-state index contributed by atoms with van der Waals surface area (Å²) in [5, 5.41) is 6.89. The molecule has 0 radical (unpaired) electrons. The van der Waals surface area contributed by atoms with Gasteiger partial charge in [-0.3, -0.25) is 4.79 Å². The first-order chi connectivity index (χ1) is 10.4. The lowest BCUT2D eigenvalue weighted by Crippen LogP contribution is -2.21. The van der Waals surface area contributed by atoms with Gasteiger partial charge in [-0.15, -0.1) is 11.3 Å². The molecule has 0 spiro atoms. The van der Waals surface area contributed by atoms with Gasteiger partial charge in [-0.25, -0.2) is 0 Å². The molecule has 0 saturated heterocycles. The number of allylic oxidation sites excluding steroid dienone is 1. The standard InChI is InChI=1S/C17H25NS.CH2O2/c1-11-14-9-17(2,3)8-7-15(14)19-16(11)13-6-4-5-12(13)10-18;2-1-3/h4-10,18H2,1-3H3;1H,(H,2,3). The fourth-order valence-electron chi connectivity index (χ4n) is 3.65. The number of hydrogen-bond donors (Lipinski definition) is 2. The molecule has 0 saturated carbocycles. The maximum atomic E-state index is 8.36. The monoisotopic (exact) mass is 321 g/mol. The van der Waals surface area contributed by atoms with Gasteiger partial charge in [-0.2, -0.15) is 0 Å². The molecule has 0 aromatic carbocycles. The molecule has 2 aliphatic carbocycles. The van der Waals surface area contributed by atoms with Crippen LogP contribution in [0.25, 0.3) is 5.57 Å². The molecule has 0 amide bonds. The number of nitrogens with two attached hydrogens (primary N) is 1. The van der Waals surface area contributed by atoms with Gasteiger partial charge >= 0.3 is 0 Å². The first-order valence-corrected chi connectivity index (χ1v) is 8.85. The van der Waals surface area contributed by atoms with Crippen LogP contribution in [0.4, 0.5) is 0 Å². The molecule has 3 N–H and O–H groups in total. The fraction of sp³-hybridized carbons (Fsp3) is 0.611. The van der Waals surface area contributed by atoms with Crippen molar-refractivity contribution >= 4 is 23.4 Å². The van der Waals surface area contributed by atoms with Gasteiger partial charge in [-0.1, -0.05) is 19.4 Å². The Labute approximate surface area is 137 Å². The van der Waals surface area contributed by atoms with Crippen molar-refractivity contribution in [1.82, 2.24) is 0 Å². The van der Waals surface area contributed by atoms with Crippen molar-refractivity contribution in [2.45, 2.75) is 59.3 Å². The number of fused-ring (bicyclic) bond motifs is 1. The molecule has 2 aliphatic rings. The van der Waals surface area contributed by atoms with E-state index in [-0.39, 0.29) is 6.47 Å². The zero-order valence-electron chi connectivity index (χ0n) is 13.9. The molecule has 0 aliphatic heterocycles. The zero-order valence-corrected chi connectivity index (χ0v) is 14.7. The number of aryl methyl sites for hydroxylation is 1. The largest absolute Gasteiger partial charge is 0.483 e. The molecule has 0 bridgehead atoms. The lowest BCUT2D eigenvalue weighted by Gasteiger charge is -2.29. The molecule has 3 nitrogen and oxygen atoms in total. The van der Waals surface area contributed by atoms with Crippen molar-refractivity contribution in [3.63, 3.8) is 0 Å². The summed E-state index contributed by atoms with van der Waals surface area (Å²) in [7, 11) is 0. The van der Waals surface area contributed by atoms with Gasteiger partial charge in [-0.05, 0) is 67.6 Å². The van der Waals surface area contributed by atoms with E-state index in [0.717, 1.165) is 6.54 Å². The Morgan fingerprint density at radius 2 is 2.00 bits per heavy atom. The zero-order chi connectivity index (χ0) is 16.3. The third-order valence-electron chi connectivity index (χ3n) is 4.89. The maximum absolute atomic E-state index is 8.36. The number of thiophene rings is 1. The smallest absolute Gasteiger partial charge is 0.290 e. The molecule has 4 heteroatoms. The Balaban J connectivity index is 0.000000545. The fourth-order valence-corrected chi connectivity index (χ4v) is 5.10. The van der Waals surface area contributed by atoms with Gasteiger partial charge in [0.25, 0.3) is 6.47 Å². The highest BCUT2D eigenvalue weighted by Crippen LogP contribution is 2.46. The summed E-state index contributed by atoms with van der Waals surface area (Å²) in [5.41, 5.74) is 12.7. The summed E-state index contributed by atoms with van der Waals surface area (Å²) in [6, 6.07) is 0. The van der Waals surface area contributed by atoms with E-state index in [1.54, 1.807) is 26.5 Å². The number of carbonyl (C=O) groups is 1. The SMILES string of the molecule is Cc1c(C2=C(CN)CCC2)sc2c1CC(C)(C)CC2.O=CO. The summed E-state index contributed by atoms with van der Waals surface area (Å²) in [6.45, 7) is 7.66. The van der Waals surface area contributed by atoms with Crippen LogP contribution in [0.2, 0.25) is 0 Å². The summed E-state index contributed by atoms with van der Waals surface area (Å²) in [5.74, 6) is 0. The second-order valence-corrected chi connectivity index (χ2v) is 8.15. The average Bonchev–Trinajstić information content (AvgIpc) is 3.04. The lowest BCUT2D eigenvalue weighted by atomic mass is 9.76. The van der Waals surface area contributed by atoms with E-state index in [9.17, 15) is 0 Å². The Kier molecular flexibility index (Phi) is 5.45. The molecular formula is C18H27NO2S. The van der Waals surface area contributed by atoms with E-state index in [1.165, 1.54) is 44.1 Å². The van der Waals surface area contributed by atoms with Crippen LogP contribution in [0, 0.1) is 12.3 Å². The van der Waals surface area contributed by atoms with Gasteiger partial charge in [0.2, 0.25) is 0 Å². The normalized spacial score (nSPS) is 19.5. The minimum atomic E-state index is -0.250. The third-order valence-corrected chi connectivity index (χ3v) is 6.35. The minimum Gasteiger partial charge on any atom is -0.483 e. The summed E-state index contributed by atoms with van der Waals surface area (Å²) in [4.78, 5) is 11.6. The van der Waals surface area contributed by atoms with Gasteiger partial charge in [0.1, 0.15) is 0 Å². The summed E-state index contributed by atoms with van der Waals surface area (Å²) in [6.07, 6.45) is 7.64. The van der Waals surface area contributed by atoms with Crippen molar-refractivity contribution in [3.8, 4) is 0 Å². The first-order valence-electron chi connectivity index (χ1n) is 8.04. The second-order valence-electron chi connectivity index (χ2n) is 7.04. The van der Waals surface area contributed by atoms with Crippen LogP contribution in [-0.2, 0) is 17.6 Å². The average molecular weight is 321 g/mol. The molecule has 1 aromatic heterocycles. The highest BCUT2D eigenvalue weighted by atomic mass is 32.1. The van der Waals surface area contributed by atoms with E-state index in [4.69, 9.17) is 15.6 Å². The van der Waals surface area contributed by atoms with Crippen molar-refractivity contribution in [2.75, 3.05) is 6.54 Å². The molecule has 1 aromatic rings. The first kappa shape index (κ1) is 17.2. The lowest BCUT2D eigenvalue weighted by molar-refractivity contribution is -0.122. The number of carboxylic acid groups (broad SMARTS) is 1.